The normalized spacial score (nSPS) is 16.6. The Morgan fingerprint density at radius 1 is 1.39 bits per heavy atom. The van der Waals surface area contributed by atoms with Crippen LogP contribution in [0.1, 0.15) is 32.3 Å². The molecule has 0 spiro atoms. The maximum absolute atomic E-state index is 13.4. The van der Waals surface area contributed by atoms with Crippen molar-refractivity contribution < 1.29 is 9.18 Å². The zero-order valence-corrected chi connectivity index (χ0v) is 15.3. The highest BCUT2D eigenvalue weighted by Crippen LogP contribution is 2.16. The molecule has 0 aromatic heterocycles. The van der Waals surface area contributed by atoms with Crippen LogP contribution >= 0.6 is 15.9 Å². The van der Waals surface area contributed by atoms with Crippen LogP contribution in [0.15, 0.2) is 22.7 Å². The molecule has 0 aliphatic carbocycles. The first-order valence-corrected chi connectivity index (χ1v) is 8.94. The Hall–Kier alpha value is -1.14. The molecule has 4 nitrogen and oxygen atoms in total. The summed E-state index contributed by atoms with van der Waals surface area (Å²) >= 11 is 3.12. The summed E-state index contributed by atoms with van der Waals surface area (Å²) < 4.78 is 13.9. The van der Waals surface area contributed by atoms with Crippen molar-refractivity contribution in [2.75, 3.05) is 19.6 Å². The first kappa shape index (κ1) is 18.2. The van der Waals surface area contributed by atoms with Crippen molar-refractivity contribution in [3.05, 3.63) is 34.1 Å². The van der Waals surface area contributed by atoms with Gasteiger partial charge in [0.1, 0.15) is 5.82 Å². The summed E-state index contributed by atoms with van der Waals surface area (Å²) in [6, 6.07) is 4.90. The molecule has 2 rings (SSSR count). The summed E-state index contributed by atoms with van der Waals surface area (Å²) in [6.45, 7) is 7.95. The lowest BCUT2D eigenvalue weighted by molar-refractivity contribution is 0.178. The number of likely N-dealkylation sites (tertiary alicyclic amines) is 1. The van der Waals surface area contributed by atoms with E-state index in [4.69, 9.17) is 0 Å². The van der Waals surface area contributed by atoms with Crippen molar-refractivity contribution in [2.45, 2.75) is 39.3 Å². The van der Waals surface area contributed by atoms with Crippen molar-refractivity contribution in [3.63, 3.8) is 0 Å². The molecule has 23 heavy (non-hydrogen) atoms. The minimum atomic E-state index is -0.317. The third-order valence-corrected chi connectivity index (χ3v) is 4.63. The monoisotopic (exact) mass is 385 g/mol. The van der Waals surface area contributed by atoms with Gasteiger partial charge in [-0.25, -0.2) is 9.18 Å². The van der Waals surface area contributed by atoms with Gasteiger partial charge in [0.2, 0.25) is 0 Å². The van der Waals surface area contributed by atoms with Crippen LogP contribution < -0.4 is 10.6 Å². The third kappa shape index (κ3) is 6.11. The molecule has 0 bridgehead atoms. The van der Waals surface area contributed by atoms with Crippen LogP contribution in [0.4, 0.5) is 9.18 Å². The molecule has 0 radical (unpaired) electrons. The van der Waals surface area contributed by atoms with Crippen molar-refractivity contribution in [1.29, 1.82) is 0 Å². The number of urea groups is 1. The molecule has 0 saturated carbocycles. The van der Waals surface area contributed by atoms with E-state index in [1.807, 2.05) is 0 Å². The number of amides is 2. The first-order chi connectivity index (χ1) is 10.9. The fraction of sp³-hybridized carbons (Fsp3) is 0.588. The predicted octanol–water partition coefficient (Wildman–Crippen LogP) is 3.51. The summed E-state index contributed by atoms with van der Waals surface area (Å²) in [6.07, 6.45) is 1.96. The highest BCUT2D eigenvalue weighted by molar-refractivity contribution is 9.10. The van der Waals surface area contributed by atoms with Gasteiger partial charge in [-0.3, -0.25) is 0 Å². The fourth-order valence-corrected chi connectivity index (χ4v) is 3.09. The van der Waals surface area contributed by atoms with Crippen molar-refractivity contribution in [3.8, 4) is 0 Å². The summed E-state index contributed by atoms with van der Waals surface area (Å²) in [5, 5.41) is 5.80. The molecule has 128 valence electrons. The van der Waals surface area contributed by atoms with E-state index < -0.39 is 0 Å². The number of piperidine rings is 1. The lowest BCUT2D eigenvalue weighted by Gasteiger charge is -2.33. The van der Waals surface area contributed by atoms with Crippen molar-refractivity contribution in [1.82, 2.24) is 15.5 Å². The summed E-state index contributed by atoms with van der Waals surface area (Å²) in [7, 11) is 0. The molecule has 1 aliphatic heterocycles. The van der Waals surface area contributed by atoms with Gasteiger partial charge >= 0.3 is 6.03 Å². The highest BCUT2D eigenvalue weighted by Gasteiger charge is 2.20. The van der Waals surface area contributed by atoms with Gasteiger partial charge in [0.25, 0.3) is 0 Å². The number of carbonyl (C=O) groups is 1. The highest BCUT2D eigenvalue weighted by atomic mass is 79.9. The van der Waals surface area contributed by atoms with E-state index in [-0.39, 0.29) is 17.9 Å². The van der Waals surface area contributed by atoms with Crippen LogP contribution in [-0.2, 0) is 6.54 Å². The smallest absolute Gasteiger partial charge is 0.315 e. The molecular weight excluding hydrogens is 361 g/mol. The number of nitrogens with zero attached hydrogens (tertiary/aromatic N) is 1. The molecule has 0 unspecified atom stereocenters. The van der Waals surface area contributed by atoms with E-state index in [1.54, 1.807) is 12.1 Å². The zero-order valence-electron chi connectivity index (χ0n) is 13.7. The largest absolute Gasteiger partial charge is 0.335 e. The van der Waals surface area contributed by atoms with Crippen molar-refractivity contribution in [2.24, 2.45) is 5.92 Å². The minimum Gasteiger partial charge on any atom is -0.335 e. The molecule has 1 aliphatic rings. The number of carbonyl (C=O) groups excluding carboxylic acids is 1. The Morgan fingerprint density at radius 3 is 2.70 bits per heavy atom. The molecule has 1 saturated heterocycles. The van der Waals surface area contributed by atoms with Crippen molar-refractivity contribution >= 4 is 22.0 Å². The van der Waals surface area contributed by atoms with E-state index >= 15 is 0 Å². The molecule has 1 fully saturated rings. The Kier molecular flexibility index (Phi) is 6.84. The number of hydrogen-bond acceptors (Lipinski definition) is 2. The maximum Gasteiger partial charge on any atom is 0.315 e. The summed E-state index contributed by atoms with van der Waals surface area (Å²) in [4.78, 5) is 14.4. The Morgan fingerprint density at radius 2 is 2.09 bits per heavy atom. The van der Waals surface area contributed by atoms with E-state index in [0.717, 1.165) is 38.0 Å². The van der Waals surface area contributed by atoms with Gasteiger partial charge in [-0.05, 0) is 52.4 Å². The SMILES string of the molecule is CC(C)CN1CCC(NC(=O)NCc2ccc(Br)c(F)c2)CC1. The van der Waals surface area contributed by atoms with E-state index in [0.29, 0.717) is 16.9 Å². The third-order valence-electron chi connectivity index (χ3n) is 3.98. The van der Waals surface area contributed by atoms with Gasteiger partial charge in [-0.2, -0.15) is 0 Å². The zero-order chi connectivity index (χ0) is 16.8. The molecule has 0 atom stereocenters. The standard InChI is InChI=1S/C17H25BrFN3O/c1-12(2)11-22-7-5-14(6-8-22)21-17(23)20-10-13-3-4-15(18)16(19)9-13/h3-4,9,12,14H,5-8,10-11H2,1-2H3,(H2,20,21,23). The van der Waals surface area contributed by atoms with Gasteiger partial charge in [-0.15, -0.1) is 0 Å². The maximum atomic E-state index is 13.4. The van der Waals surface area contributed by atoms with Crippen LogP contribution in [0.3, 0.4) is 0 Å². The van der Waals surface area contributed by atoms with Gasteiger partial charge < -0.3 is 15.5 Å². The number of halogens is 2. The number of benzene rings is 1. The second kappa shape index (κ2) is 8.64. The van der Waals surface area contributed by atoms with E-state index in [9.17, 15) is 9.18 Å². The molecule has 6 heteroatoms. The molecule has 1 aromatic carbocycles. The molecule has 2 N–H and O–H groups in total. The average molecular weight is 386 g/mol. The minimum absolute atomic E-state index is 0.185. The Labute approximate surface area is 145 Å². The fourth-order valence-electron chi connectivity index (χ4n) is 2.84. The van der Waals surface area contributed by atoms with Gasteiger partial charge in [-0.1, -0.05) is 19.9 Å². The molecule has 1 aromatic rings. The quantitative estimate of drug-likeness (QED) is 0.814. The van der Waals surface area contributed by atoms with Crippen LogP contribution in [0, 0.1) is 11.7 Å². The summed E-state index contributed by atoms with van der Waals surface area (Å²) in [5.74, 6) is 0.358. The lowest BCUT2D eigenvalue weighted by Crippen LogP contribution is -2.48. The van der Waals surface area contributed by atoms with Gasteiger partial charge in [0.15, 0.2) is 0 Å². The van der Waals surface area contributed by atoms with Crippen LogP contribution in [0.5, 0.6) is 0 Å². The average Bonchev–Trinajstić information content (AvgIpc) is 2.50. The molecule has 1 heterocycles. The van der Waals surface area contributed by atoms with Crippen LogP contribution in [0.2, 0.25) is 0 Å². The predicted molar refractivity (Wildman–Crippen MR) is 93.8 cm³/mol. The Bertz CT molecular complexity index is 531. The number of nitrogens with one attached hydrogen (secondary N) is 2. The topological polar surface area (TPSA) is 44.4 Å². The van der Waals surface area contributed by atoms with E-state index in [1.165, 1.54) is 6.07 Å². The number of hydrogen-bond donors (Lipinski definition) is 2. The van der Waals surface area contributed by atoms with Gasteiger partial charge in [0.05, 0.1) is 4.47 Å². The van der Waals surface area contributed by atoms with Crippen LogP contribution in [-0.4, -0.2) is 36.6 Å². The molecular formula is C17H25BrFN3O. The summed E-state index contributed by atoms with van der Waals surface area (Å²) in [5.41, 5.74) is 0.743. The van der Waals surface area contributed by atoms with Crippen LogP contribution in [0.25, 0.3) is 0 Å². The second-order valence-electron chi connectivity index (χ2n) is 6.54. The van der Waals surface area contributed by atoms with Gasteiger partial charge in [0, 0.05) is 32.2 Å². The lowest BCUT2D eigenvalue weighted by atomic mass is 10.0. The Balaban J connectivity index is 1.70. The second-order valence-corrected chi connectivity index (χ2v) is 7.40. The first-order valence-electron chi connectivity index (χ1n) is 8.14. The molecule has 2 amide bonds. The van der Waals surface area contributed by atoms with E-state index in [2.05, 4.69) is 45.3 Å². The number of rotatable bonds is 5.